The Morgan fingerprint density at radius 2 is 2.62 bits per heavy atom. The Bertz CT molecular complexity index is 343. The fourth-order valence-corrected chi connectivity index (χ4v) is 2.04. The number of fused-ring (bicyclic) bond motifs is 1. The van der Waals surface area contributed by atoms with Gasteiger partial charge in [-0.1, -0.05) is 0 Å². The molecule has 1 aliphatic heterocycles. The molecule has 0 aromatic carbocycles. The summed E-state index contributed by atoms with van der Waals surface area (Å²) in [6.45, 7) is 2.85. The fourth-order valence-electron chi connectivity index (χ4n) is 2.04. The number of carboxylic acids is 1. The third-order valence-corrected chi connectivity index (χ3v) is 2.60. The molecule has 1 N–H and O–H groups in total. The van der Waals surface area contributed by atoms with E-state index in [4.69, 9.17) is 5.11 Å². The standard InChI is InChI=1S/C9H12N2O2/c1-6-9-7(4-8(12)13)2-3-11(9)5-10-6/h5,7H,2-4H2,1H3,(H,12,13). The normalized spacial score (nSPS) is 20.2. The molecule has 4 nitrogen and oxygen atoms in total. The maximum atomic E-state index is 10.6. The maximum Gasteiger partial charge on any atom is 0.304 e. The van der Waals surface area contributed by atoms with Gasteiger partial charge >= 0.3 is 5.97 Å². The molecular formula is C9H12N2O2. The first-order chi connectivity index (χ1) is 6.18. The van der Waals surface area contributed by atoms with Crippen molar-refractivity contribution in [2.45, 2.75) is 32.2 Å². The molecule has 1 aliphatic rings. The summed E-state index contributed by atoms with van der Waals surface area (Å²) >= 11 is 0. The second-order valence-electron chi connectivity index (χ2n) is 3.49. The molecule has 0 bridgehead atoms. The molecule has 1 aromatic heterocycles. The fraction of sp³-hybridized carbons (Fsp3) is 0.556. The molecule has 2 heterocycles. The first-order valence-corrected chi connectivity index (χ1v) is 4.42. The summed E-state index contributed by atoms with van der Waals surface area (Å²) in [6, 6.07) is 0. The van der Waals surface area contributed by atoms with Gasteiger partial charge in [-0.3, -0.25) is 4.79 Å². The average molecular weight is 180 g/mol. The van der Waals surface area contributed by atoms with Crippen LogP contribution >= 0.6 is 0 Å². The van der Waals surface area contributed by atoms with E-state index in [-0.39, 0.29) is 12.3 Å². The molecule has 0 fully saturated rings. The molecular weight excluding hydrogens is 168 g/mol. The lowest BCUT2D eigenvalue weighted by molar-refractivity contribution is -0.137. The van der Waals surface area contributed by atoms with Crippen LogP contribution in [0.2, 0.25) is 0 Å². The van der Waals surface area contributed by atoms with E-state index in [9.17, 15) is 4.79 Å². The van der Waals surface area contributed by atoms with E-state index in [2.05, 4.69) is 9.55 Å². The van der Waals surface area contributed by atoms with Gasteiger partial charge in [0, 0.05) is 18.2 Å². The number of hydrogen-bond donors (Lipinski definition) is 1. The highest BCUT2D eigenvalue weighted by Gasteiger charge is 2.26. The second kappa shape index (κ2) is 2.87. The minimum absolute atomic E-state index is 0.167. The second-order valence-corrected chi connectivity index (χ2v) is 3.49. The Hall–Kier alpha value is -1.32. The van der Waals surface area contributed by atoms with Crippen LogP contribution < -0.4 is 0 Å². The number of carboxylic acid groups (broad SMARTS) is 1. The van der Waals surface area contributed by atoms with Crippen LogP contribution in [0.15, 0.2) is 6.33 Å². The van der Waals surface area contributed by atoms with E-state index >= 15 is 0 Å². The zero-order valence-electron chi connectivity index (χ0n) is 7.53. The van der Waals surface area contributed by atoms with Crippen LogP contribution in [-0.2, 0) is 11.3 Å². The number of carbonyl (C=O) groups is 1. The molecule has 0 amide bonds. The molecule has 0 saturated carbocycles. The molecule has 1 atom stereocenters. The van der Waals surface area contributed by atoms with Crippen LogP contribution in [-0.4, -0.2) is 20.6 Å². The quantitative estimate of drug-likeness (QED) is 0.742. The van der Waals surface area contributed by atoms with Gasteiger partial charge in [0.2, 0.25) is 0 Å². The van der Waals surface area contributed by atoms with Gasteiger partial charge in [-0.25, -0.2) is 4.98 Å². The third kappa shape index (κ3) is 1.32. The highest BCUT2D eigenvalue weighted by atomic mass is 16.4. The summed E-state index contributed by atoms with van der Waals surface area (Å²) in [5, 5.41) is 8.70. The minimum Gasteiger partial charge on any atom is -0.481 e. The van der Waals surface area contributed by atoms with Gasteiger partial charge in [-0.15, -0.1) is 0 Å². The number of aromatic nitrogens is 2. The van der Waals surface area contributed by atoms with Crippen molar-refractivity contribution >= 4 is 5.97 Å². The van der Waals surface area contributed by atoms with Crippen LogP contribution in [0.5, 0.6) is 0 Å². The van der Waals surface area contributed by atoms with Crippen molar-refractivity contribution in [2.24, 2.45) is 0 Å². The molecule has 0 saturated heterocycles. The summed E-state index contributed by atoms with van der Waals surface area (Å²) in [5.74, 6) is -0.556. The minimum atomic E-state index is -0.723. The summed E-state index contributed by atoms with van der Waals surface area (Å²) in [6.07, 6.45) is 2.96. The smallest absolute Gasteiger partial charge is 0.304 e. The number of hydrogen-bond acceptors (Lipinski definition) is 2. The number of nitrogens with zero attached hydrogens (tertiary/aromatic N) is 2. The molecule has 1 aromatic rings. The first-order valence-electron chi connectivity index (χ1n) is 4.42. The van der Waals surface area contributed by atoms with Crippen molar-refractivity contribution in [3.8, 4) is 0 Å². The topological polar surface area (TPSA) is 55.1 Å². The van der Waals surface area contributed by atoms with Gasteiger partial charge < -0.3 is 9.67 Å². The Labute approximate surface area is 76.2 Å². The lowest BCUT2D eigenvalue weighted by Crippen LogP contribution is -2.04. The molecule has 70 valence electrons. The van der Waals surface area contributed by atoms with Crippen LogP contribution in [0.25, 0.3) is 0 Å². The van der Waals surface area contributed by atoms with Gasteiger partial charge in [0.25, 0.3) is 0 Å². The predicted octanol–water partition coefficient (Wildman–Crippen LogP) is 1.15. The highest BCUT2D eigenvalue weighted by molar-refractivity contribution is 5.68. The molecule has 13 heavy (non-hydrogen) atoms. The van der Waals surface area contributed by atoms with Crippen molar-refractivity contribution in [3.63, 3.8) is 0 Å². The molecule has 0 aliphatic carbocycles. The largest absolute Gasteiger partial charge is 0.481 e. The van der Waals surface area contributed by atoms with E-state index in [0.717, 1.165) is 24.4 Å². The zero-order chi connectivity index (χ0) is 9.42. The zero-order valence-corrected chi connectivity index (χ0v) is 7.53. The Balaban J connectivity index is 2.26. The SMILES string of the molecule is Cc1ncn2c1C(CC(=O)O)CC2. The summed E-state index contributed by atoms with van der Waals surface area (Å²) in [7, 11) is 0. The molecule has 4 heteroatoms. The van der Waals surface area contributed by atoms with Gasteiger partial charge in [0.1, 0.15) is 0 Å². The van der Waals surface area contributed by atoms with Crippen molar-refractivity contribution in [3.05, 3.63) is 17.7 Å². The molecule has 0 radical (unpaired) electrons. The number of aliphatic carboxylic acids is 1. The summed E-state index contributed by atoms with van der Waals surface area (Å²) < 4.78 is 2.06. The van der Waals surface area contributed by atoms with E-state index in [1.807, 2.05) is 6.92 Å². The van der Waals surface area contributed by atoms with Gasteiger partial charge in [-0.2, -0.15) is 0 Å². The van der Waals surface area contributed by atoms with Gasteiger partial charge in [-0.05, 0) is 13.3 Å². The van der Waals surface area contributed by atoms with Crippen molar-refractivity contribution in [1.82, 2.24) is 9.55 Å². The Morgan fingerprint density at radius 1 is 1.85 bits per heavy atom. The molecule has 1 unspecified atom stereocenters. The molecule has 0 spiro atoms. The van der Waals surface area contributed by atoms with Crippen LogP contribution in [0, 0.1) is 6.92 Å². The summed E-state index contributed by atoms with van der Waals surface area (Å²) in [5.41, 5.74) is 2.09. The Morgan fingerprint density at radius 3 is 3.31 bits per heavy atom. The lowest BCUT2D eigenvalue weighted by atomic mass is 9.99. The monoisotopic (exact) mass is 180 g/mol. The van der Waals surface area contributed by atoms with Gasteiger partial charge in [0.05, 0.1) is 18.4 Å². The van der Waals surface area contributed by atoms with Crippen LogP contribution in [0.1, 0.15) is 30.1 Å². The first kappa shape index (κ1) is 8.29. The molecule has 2 rings (SSSR count). The van der Waals surface area contributed by atoms with E-state index in [1.54, 1.807) is 6.33 Å². The predicted molar refractivity (Wildman–Crippen MR) is 46.6 cm³/mol. The van der Waals surface area contributed by atoms with Gasteiger partial charge in [0.15, 0.2) is 0 Å². The van der Waals surface area contributed by atoms with Crippen LogP contribution in [0.3, 0.4) is 0 Å². The summed E-state index contributed by atoms with van der Waals surface area (Å²) in [4.78, 5) is 14.7. The van der Waals surface area contributed by atoms with E-state index < -0.39 is 5.97 Å². The average Bonchev–Trinajstić information content (AvgIpc) is 2.56. The van der Waals surface area contributed by atoms with Crippen molar-refractivity contribution in [2.75, 3.05) is 0 Å². The maximum absolute atomic E-state index is 10.6. The van der Waals surface area contributed by atoms with Crippen LogP contribution in [0.4, 0.5) is 0 Å². The highest BCUT2D eigenvalue weighted by Crippen LogP contribution is 2.32. The third-order valence-electron chi connectivity index (χ3n) is 2.60. The number of rotatable bonds is 2. The lowest BCUT2D eigenvalue weighted by Gasteiger charge is -2.05. The number of imidazole rings is 1. The van der Waals surface area contributed by atoms with Crippen molar-refractivity contribution in [1.29, 1.82) is 0 Å². The number of aryl methyl sites for hydroxylation is 2. The Kier molecular flexibility index (Phi) is 1.83. The van der Waals surface area contributed by atoms with E-state index in [1.165, 1.54) is 0 Å². The van der Waals surface area contributed by atoms with E-state index in [0.29, 0.717) is 0 Å². The van der Waals surface area contributed by atoms with Crippen molar-refractivity contribution < 1.29 is 9.90 Å².